The van der Waals surface area contributed by atoms with Crippen molar-refractivity contribution in [1.82, 2.24) is 14.9 Å². The van der Waals surface area contributed by atoms with Gasteiger partial charge in [-0.05, 0) is 42.7 Å². The van der Waals surface area contributed by atoms with Crippen molar-refractivity contribution in [3.63, 3.8) is 0 Å². The fraction of sp³-hybridized carbons (Fsp3) is 0.308. The van der Waals surface area contributed by atoms with Gasteiger partial charge in [0.05, 0.1) is 24.2 Å². The highest BCUT2D eigenvalue weighted by Gasteiger charge is 2.20. The Morgan fingerprint density at radius 1 is 1.08 bits per heavy atom. The Bertz CT molecular complexity index is 1370. The van der Waals surface area contributed by atoms with Crippen LogP contribution in [0.5, 0.6) is 5.75 Å². The maximum atomic E-state index is 14.4. The molecule has 5 rings (SSSR count). The summed E-state index contributed by atoms with van der Waals surface area (Å²) in [5.74, 6) is -2.14. The Labute approximate surface area is 222 Å². The molecular formula is C26H27FN6O4S. The number of aromatic nitrogens is 1. The van der Waals surface area contributed by atoms with Crippen LogP contribution in [0.3, 0.4) is 0 Å². The molecule has 38 heavy (non-hydrogen) atoms. The summed E-state index contributed by atoms with van der Waals surface area (Å²) in [6, 6.07) is 10.5. The molecule has 2 saturated heterocycles. The van der Waals surface area contributed by atoms with Crippen LogP contribution in [0.25, 0.3) is 10.4 Å². The number of carbonyl (C=O) groups excluding carboxylic acids is 1. The Balaban J connectivity index is 1.27. The Kier molecular flexibility index (Phi) is 7.40. The second-order valence-electron chi connectivity index (χ2n) is 9.09. The number of hydrogen-bond acceptors (Lipinski definition) is 8. The lowest BCUT2D eigenvalue weighted by molar-refractivity contribution is 0.102. The maximum absolute atomic E-state index is 14.4. The first-order valence-electron chi connectivity index (χ1n) is 12.3. The van der Waals surface area contributed by atoms with Gasteiger partial charge in [0.2, 0.25) is 0 Å². The number of aromatic hydroxyl groups is 1. The minimum atomic E-state index is -0.991. The third-order valence-electron chi connectivity index (χ3n) is 6.57. The molecule has 1 aromatic heterocycles. The van der Waals surface area contributed by atoms with E-state index in [0.29, 0.717) is 18.2 Å². The summed E-state index contributed by atoms with van der Waals surface area (Å²) < 4.78 is 14.4. The number of nitrogens with zero attached hydrogens (tertiary/aromatic N) is 5. The largest absolute Gasteiger partial charge is 0.504 e. The van der Waals surface area contributed by atoms with Gasteiger partial charge in [-0.1, -0.05) is 23.5 Å². The van der Waals surface area contributed by atoms with Crippen LogP contribution in [0.2, 0.25) is 0 Å². The van der Waals surface area contributed by atoms with Gasteiger partial charge in [-0.2, -0.15) is 5.10 Å². The van der Waals surface area contributed by atoms with Crippen LogP contribution < -0.4 is 10.2 Å². The van der Waals surface area contributed by atoms with E-state index in [4.69, 9.17) is 5.11 Å². The number of phenolic OH excluding ortho intramolecular Hbond substituents is 1. The van der Waals surface area contributed by atoms with E-state index in [1.54, 1.807) is 11.2 Å². The van der Waals surface area contributed by atoms with Crippen molar-refractivity contribution in [3.8, 4) is 16.2 Å². The van der Waals surface area contributed by atoms with Crippen molar-refractivity contribution in [2.45, 2.75) is 12.8 Å². The summed E-state index contributed by atoms with van der Waals surface area (Å²) in [6.45, 7) is 3.39. The highest BCUT2D eigenvalue weighted by atomic mass is 32.1. The molecule has 0 aliphatic carbocycles. The number of piperazine rings is 1. The molecule has 2 aromatic carbocycles. The number of amides is 2. The van der Waals surface area contributed by atoms with Gasteiger partial charge in [0.15, 0.2) is 16.7 Å². The van der Waals surface area contributed by atoms with E-state index in [1.165, 1.54) is 41.4 Å². The molecule has 3 heterocycles. The number of phenols is 1. The van der Waals surface area contributed by atoms with Crippen molar-refractivity contribution in [1.29, 1.82) is 0 Å². The molecule has 0 spiro atoms. The molecule has 0 radical (unpaired) electrons. The Morgan fingerprint density at radius 2 is 1.84 bits per heavy atom. The maximum Gasteiger partial charge on any atom is 0.407 e. The number of thiazole rings is 1. The fourth-order valence-corrected chi connectivity index (χ4v) is 5.27. The first kappa shape index (κ1) is 25.5. The van der Waals surface area contributed by atoms with Gasteiger partial charge < -0.3 is 20.0 Å². The summed E-state index contributed by atoms with van der Waals surface area (Å²) in [6.07, 6.45) is 4.35. The number of nitrogens with one attached hydrogen (secondary N) is 1. The molecule has 2 aliphatic rings. The highest BCUT2D eigenvalue weighted by Crippen LogP contribution is 2.32. The van der Waals surface area contributed by atoms with Gasteiger partial charge in [0, 0.05) is 49.2 Å². The van der Waals surface area contributed by atoms with Gasteiger partial charge in [0.25, 0.3) is 5.91 Å². The average molecular weight is 539 g/mol. The molecule has 12 heteroatoms. The zero-order chi connectivity index (χ0) is 26.6. The number of benzene rings is 2. The van der Waals surface area contributed by atoms with E-state index in [2.05, 4.69) is 32.4 Å². The van der Waals surface area contributed by atoms with Gasteiger partial charge >= 0.3 is 6.09 Å². The average Bonchev–Trinajstić information content (AvgIpc) is 3.63. The third-order valence-corrected chi connectivity index (χ3v) is 7.53. The number of carbonyl (C=O) groups is 2. The van der Waals surface area contributed by atoms with Crippen molar-refractivity contribution in [2.75, 3.05) is 49.5 Å². The smallest absolute Gasteiger partial charge is 0.407 e. The predicted molar refractivity (Wildman–Crippen MR) is 144 cm³/mol. The molecule has 10 nitrogen and oxygen atoms in total. The van der Waals surface area contributed by atoms with Gasteiger partial charge in [-0.3, -0.25) is 15.1 Å². The van der Waals surface area contributed by atoms with E-state index in [9.17, 15) is 19.1 Å². The summed E-state index contributed by atoms with van der Waals surface area (Å²) in [5.41, 5.74) is 2.21. The molecule has 2 amide bonds. The summed E-state index contributed by atoms with van der Waals surface area (Å²) in [4.78, 5) is 32.8. The first-order valence-corrected chi connectivity index (χ1v) is 13.1. The minimum absolute atomic E-state index is 0.00484. The van der Waals surface area contributed by atoms with Crippen LogP contribution in [0.15, 0.2) is 47.7 Å². The van der Waals surface area contributed by atoms with Crippen molar-refractivity contribution < 1.29 is 24.2 Å². The van der Waals surface area contributed by atoms with Gasteiger partial charge in [-0.25, -0.2) is 14.2 Å². The molecule has 3 aromatic rings. The van der Waals surface area contributed by atoms with E-state index in [0.717, 1.165) is 35.3 Å². The SMILES string of the molecule is O=C(Nc1ncc(-c2cccc(N3CCCC3)c2)s1)c1cc(F)c(O)c(/C=N/N2CCN(C(=O)O)CC2)c1. The molecule has 2 aliphatic heterocycles. The lowest BCUT2D eigenvalue weighted by atomic mass is 10.1. The van der Waals surface area contributed by atoms with E-state index in [-0.39, 0.29) is 24.2 Å². The Hall–Kier alpha value is -4.19. The van der Waals surface area contributed by atoms with E-state index >= 15 is 0 Å². The number of halogens is 1. The topological polar surface area (TPSA) is 122 Å². The zero-order valence-electron chi connectivity index (χ0n) is 20.5. The molecule has 0 bridgehead atoms. The minimum Gasteiger partial charge on any atom is -0.504 e. The second kappa shape index (κ2) is 11.1. The lowest BCUT2D eigenvalue weighted by Crippen LogP contribution is -2.46. The van der Waals surface area contributed by atoms with Crippen LogP contribution in [0, 0.1) is 5.82 Å². The molecule has 2 fully saturated rings. The van der Waals surface area contributed by atoms with Crippen LogP contribution >= 0.6 is 11.3 Å². The quantitative estimate of drug-likeness (QED) is 0.404. The Morgan fingerprint density at radius 3 is 2.58 bits per heavy atom. The lowest BCUT2D eigenvalue weighted by Gasteiger charge is -2.31. The van der Waals surface area contributed by atoms with Crippen molar-refractivity contribution >= 4 is 40.4 Å². The highest BCUT2D eigenvalue weighted by molar-refractivity contribution is 7.19. The van der Waals surface area contributed by atoms with Crippen LogP contribution in [-0.2, 0) is 0 Å². The van der Waals surface area contributed by atoms with Crippen molar-refractivity contribution in [2.24, 2.45) is 5.10 Å². The van der Waals surface area contributed by atoms with Gasteiger partial charge in [0.1, 0.15) is 0 Å². The van der Waals surface area contributed by atoms with E-state index < -0.39 is 23.6 Å². The number of rotatable bonds is 6. The predicted octanol–water partition coefficient (Wildman–Crippen LogP) is 4.14. The normalized spacial score (nSPS) is 15.9. The van der Waals surface area contributed by atoms with Crippen LogP contribution in [-0.4, -0.2) is 82.6 Å². The molecule has 3 N–H and O–H groups in total. The molecule has 0 atom stereocenters. The second-order valence-corrected chi connectivity index (χ2v) is 10.1. The number of carboxylic acid groups (broad SMARTS) is 1. The standard InChI is InChI=1S/C26H27FN6O4S/c27-21-14-18(12-19(23(21)34)15-29-33-10-8-32(9-11-33)26(36)37)24(35)30-25-28-16-22(38-25)17-4-3-5-20(13-17)31-6-1-2-7-31/h3-5,12-16,34H,1-2,6-11H2,(H,36,37)(H,28,30,35)/b29-15+. The third kappa shape index (κ3) is 5.70. The molecule has 198 valence electrons. The van der Waals surface area contributed by atoms with Gasteiger partial charge in [-0.15, -0.1) is 0 Å². The van der Waals surface area contributed by atoms with Crippen LogP contribution in [0.4, 0.5) is 20.0 Å². The summed E-state index contributed by atoms with van der Waals surface area (Å²) in [5, 5.41) is 28.1. The van der Waals surface area contributed by atoms with E-state index in [1.807, 2.05) is 12.1 Å². The molecule has 0 unspecified atom stereocenters. The summed E-state index contributed by atoms with van der Waals surface area (Å²) >= 11 is 1.32. The summed E-state index contributed by atoms with van der Waals surface area (Å²) in [7, 11) is 0. The first-order chi connectivity index (χ1) is 18.4. The number of hydrogen-bond donors (Lipinski definition) is 3. The number of hydrazone groups is 1. The zero-order valence-corrected chi connectivity index (χ0v) is 21.3. The molecule has 0 saturated carbocycles. The van der Waals surface area contributed by atoms with Crippen LogP contribution in [0.1, 0.15) is 28.8 Å². The fourth-order valence-electron chi connectivity index (χ4n) is 4.46. The molecular weight excluding hydrogens is 511 g/mol. The van der Waals surface area contributed by atoms with Crippen molar-refractivity contribution in [3.05, 3.63) is 59.5 Å². The number of anilines is 2. The monoisotopic (exact) mass is 538 g/mol.